The zero-order valence-corrected chi connectivity index (χ0v) is 19.6. The van der Waals surface area contributed by atoms with Crippen LogP contribution in [0.5, 0.6) is 5.75 Å². The third-order valence-electron chi connectivity index (χ3n) is 6.51. The molecule has 1 saturated heterocycles. The van der Waals surface area contributed by atoms with Crippen LogP contribution >= 0.6 is 11.8 Å². The van der Waals surface area contributed by atoms with Gasteiger partial charge < -0.3 is 9.64 Å². The molecule has 0 aliphatic carbocycles. The minimum absolute atomic E-state index is 0.0372. The molecule has 3 aromatic rings. The first-order valence-corrected chi connectivity index (χ1v) is 12.1. The first kappa shape index (κ1) is 21.4. The number of carbonyl (C=O) groups is 1. The third kappa shape index (κ3) is 3.63. The molecule has 1 amide bonds. The van der Waals surface area contributed by atoms with E-state index in [1.807, 2.05) is 48.5 Å². The zero-order valence-electron chi connectivity index (χ0n) is 18.7. The monoisotopic (exact) mass is 455 g/mol. The van der Waals surface area contributed by atoms with Crippen molar-refractivity contribution in [1.29, 1.82) is 5.26 Å². The molecule has 0 aromatic heterocycles. The number of aryl methyl sites for hydroxylation is 1. The number of fused-ring (bicyclic) bond motifs is 2. The van der Waals surface area contributed by atoms with E-state index in [4.69, 9.17) is 4.74 Å². The molecule has 5 nitrogen and oxygen atoms in total. The molecule has 0 bridgehead atoms. The lowest BCUT2D eigenvalue weighted by molar-refractivity contribution is -0.129. The molecule has 3 aromatic carbocycles. The number of benzene rings is 3. The van der Waals surface area contributed by atoms with Gasteiger partial charge in [-0.05, 0) is 34.9 Å². The van der Waals surface area contributed by atoms with Gasteiger partial charge in [-0.25, -0.2) is 0 Å². The lowest BCUT2D eigenvalue weighted by Crippen LogP contribution is -2.47. The Balaban J connectivity index is 1.58. The van der Waals surface area contributed by atoms with Gasteiger partial charge in [0.05, 0.1) is 36.3 Å². The SMILES string of the molecule is CCc1ccccc1N1CSC2=C(C#N)[C@@H](c3c(OC)ccc4ccccc34)CC(=O)N2C1. The Hall–Kier alpha value is -3.43. The van der Waals surface area contributed by atoms with Gasteiger partial charge in [-0.1, -0.05) is 67.2 Å². The van der Waals surface area contributed by atoms with Crippen molar-refractivity contribution in [2.75, 3.05) is 24.6 Å². The minimum Gasteiger partial charge on any atom is -0.496 e. The van der Waals surface area contributed by atoms with E-state index < -0.39 is 0 Å². The Morgan fingerprint density at radius 3 is 2.70 bits per heavy atom. The Morgan fingerprint density at radius 1 is 1.12 bits per heavy atom. The van der Waals surface area contributed by atoms with E-state index >= 15 is 0 Å². The second-order valence-electron chi connectivity index (χ2n) is 8.25. The number of rotatable bonds is 4. The molecule has 5 rings (SSSR count). The summed E-state index contributed by atoms with van der Waals surface area (Å²) in [7, 11) is 1.64. The second-order valence-corrected chi connectivity index (χ2v) is 9.18. The Labute approximate surface area is 198 Å². The Bertz CT molecular complexity index is 1310. The maximum Gasteiger partial charge on any atom is 0.229 e. The predicted octanol–water partition coefficient (Wildman–Crippen LogP) is 5.63. The van der Waals surface area contributed by atoms with Gasteiger partial charge in [0.25, 0.3) is 0 Å². The molecule has 33 heavy (non-hydrogen) atoms. The predicted molar refractivity (Wildman–Crippen MR) is 133 cm³/mol. The molecule has 166 valence electrons. The molecule has 1 fully saturated rings. The Kier molecular flexibility index (Phi) is 5.74. The highest BCUT2D eigenvalue weighted by Crippen LogP contribution is 2.47. The minimum atomic E-state index is -0.322. The number of methoxy groups -OCH3 is 1. The number of amides is 1. The molecular weight excluding hydrogens is 430 g/mol. The number of thioether (sulfide) groups is 1. The summed E-state index contributed by atoms with van der Waals surface area (Å²) in [6.07, 6.45) is 1.18. The zero-order chi connectivity index (χ0) is 22.9. The highest BCUT2D eigenvalue weighted by molar-refractivity contribution is 8.03. The quantitative estimate of drug-likeness (QED) is 0.510. The number of ether oxygens (including phenoxy) is 1. The maximum absolute atomic E-state index is 13.4. The number of hydrogen-bond acceptors (Lipinski definition) is 5. The number of anilines is 1. The summed E-state index contributed by atoms with van der Waals surface area (Å²) in [5.74, 6) is 1.13. The van der Waals surface area contributed by atoms with Gasteiger partial charge in [-0.3, -0.25) is 9.69 Å². The highest BCUT2D eigenvalue weighted by atomic mass is 32.2. The van der Waals surface area contributed by atoms with Gasteiger partial charge in [-0.2, -0.15) is 5.26 Å². The average Bonchev–Trinajstić information content (AvgIpc) is 2.87. The third-order valence-corrected chi connectivity index (χ3v) is 7.66. The molecule has 0 unspecified atom stereocenters. The molecular formula is C27H25N3O2S. The first-order chi connectivity index (χ1) is 16.2. The van der Waals surface area contributed by atoms with Crippen LogP contribution in [0.1, 0.15) is 30.4 Å². The van der Waals surface area contributed by atoms with E-state index in [9.17, 15) is 10.1 Å². The average molecular weight is 456 g/mol. The van der Waals surface area contributed by atoms with Gasteiger partial charge in [-0.15, -0.1) is 0 Å². The summed E-state index contributed by atoms with van der Waals surface area (Å²) in [6.45, 7) is 2.60. The summed E-state index contributed by atoms with van der Waals surface area (Å²) < 4.78 is 5.70. The van der Waals surface area contributed by atoms with Crippen LogP contribution in [0.4, 0.5) is 5.69 Å². The van der Waals surface area contributed by atoms with Crippen LogP contribution < -0.4 is 9.64 Å². The standard InChI is InChI=1S/C27H25N3O2S/c1-3-18-8-5-7-11-23(18)29-16-30-25(31)14-21(22(15-28)27(30)33-17-29)26-20-10-6-4-9-19(20)12-13-24(26)32-2/h4-13,21H,3,14,16-17H2,1-2H3/t21-/m0/s1. The molecule has 2 heterocycles. The van der Waals surface area contributed by atoms with Gasteiger partial charge in [0, 0.05) is 23.6 Å². The van der Waals surface area contributed by atoms with E-state index in [0.717, 1.165) is 33.5 Å². The normalized spacial score (nSPS) is 18.3. The fourth-order valence-corrected chi connectivity index (χ4v) is 6.05. The molecule has 0 saturated carbocycles. The lowest BCUT2D eigenvalue weighted by atomic mass is 9.83. The number of allylic oxidation sites excluding steroid dienone is 1. The lowest BCUT2D eigenvalue weighted by Gasteiger charge is -2.42. The number of nitrogens with zero attached hydrogens (tertiary/aromatic N) is 3. The van der Waals surface area contributed by atoms with E-state index in [-0.39, 0.29) is 18.2 Å². The number of carbonyl (C=O) groups excluding carboxylic acids is 1. The molecule has 0 spiro atoms. The second kappa shape index (κ2) is 8.84. The molecule has 0 radical (unpaired) electrons. The number of hydrogen-bond donors (Lipinski definition) is 0. The topological polar surface area (TPSA) is 56.6 Å². The van der Waals surface area contributed by atoms with Crippen molar-refractivity contribution < 1.29 is 9.53 Å². The summed E-state index contributed by atoms with van der Waals surface area (Å²) in [4.78, 5) is 17.4. The van der Waals surface area contributed by atoms with Gasteiger partial charge in [0.1, 0.15) is 5.75 Å². The Morgan fingerprint density at radius 2 is 1.91 bits per heavy atom. The highest BCUT2D eigenvalue weighted by Gasteiger charge is 2.40. The van der Waals surface area contributed by atoms with Gasteiger partial charge >= 0.3 is 0 Å². The van der Waals surface area contributed by atoms with Crippen LogP contribution in [0.15, 0.2) is 71.3 Å². The van der Waals surface area contributed by atoms with E-state index in [1.54, 1.807) is 23.8 Å². The van der Waals surface area contributed by atoms with Crippen molar-refractivity contribution in [3.05, 3.63) is 82.4 Å². The summed E-state index contributed by atoms with van der Waals surface area (Å²) in [5.41, 5.74) is 3.98. The van der Waals surface area contributed by atoms with Crippen LogP contribution in [0.2, 0.25) is 0 Å². The van der Waals surface area contributed by atoms with Crippen LogP contribution in [-0.4, -0.2) is 30.5 Å². The number of nitriles is 1. The largest absolute Gasteiger partial charge is 0.496 e. The van der Waals surface area contributed by atoms with Crippen molar-refractivity contribution >= 4 is 34.1 Å². The van der Waals surface area contributed by atoms with Crippen molar-refractivity contribution in [3.63, 3.8) is 0 Å². The van der Waals surface area contributed by atoms with E-state index in [2.05, 4.69) is 30.0 Å². The maximum atomic E-state index is 13.4. The molecule has 2 aliphatic heterocycles. The summed E-state index contributed by atoms with van der Waals surface area (Å²) in [5, 5.41) is 13.1. The van der Waals surface area contributed by atoms with Crippen molar-refractivity contribution in [2.45, 2.75) is 25.7 Å². The molecule has 6 heteroatoms. The van der Waals surface area contributed by atoms with E-state index in [1.165, 1.54) is 5.56 Å². The fourth-order valence-electron chi connectivity index (χ4n) is 4.89. The summed E-state index contributed by atoms with van der Waals surface area (Å²) in [6, 6.07) is 22.8. The summed E-state index contributed by atoms with van der Waals surface area (Å²) >= 11 is 1.57. The first-order valence-electron chi connectivity index (χ1n) is 11.1. The van der Waals surface area contributed by atoms with Crippen molar-refractivity contribution in [1.82, 2.24) is 4.90 Å². The van der Waals surface area contributed by atoms with E-state index in [0.29, 0.717) is 23.9 Å². The van der Waals surface area contributed by atoms with Gasteiger partial charge in [0.2, 0.25) is 5.91 Å². The number of para-hydroxylation sites is 1. The molecule has 1 atom stereocenters. The van der Waals surface area contributed by atoms with Crippen molar-refractivity contribution in [3.8, 4) is 11.8 Å². The smallest absolute Gasteiger partial charge is 0.229 e. The molecule has 2 aliphatic rings. The van der Waals surface area contributed by atoms with Crippen LogP contribution in [0.3, 0.4) is 0 Å². The van der Waals surface area contributed by atoms with Crippen LogP contribution in [0.25, 0.3) is 10.8 Å². The fraction of sp³-hybridized carbons (Fsp3) is 0.259. The van der Waals surface area contributed by atoms with Crippen LogP contribution in [-0.2, 0) is 11.2 Å². The van der Waals surface area contributed by atoms with Gasteiger partial charge in [0.15, 0.2) is 0 Å². The van der Waals surface area contributed by atoms with Crippen molar-refractivity contribution in [2.24, 2.45) is 0 Å². The molecule has 0 N–H and O–H groups in total. The van der Waals surface area contributed by atoms with Crippen LogP contribution in [0, 0.1) is 11.3 Å².